The third-order valence-electron chi connectivity index (χ3n) is 2.52. The van der Waals surface area contributed by atoms with Gasteiger partial charge in [-0.3, -0.25) is 4.79 Å². The molecule has 4 nitrogen and oxygen atoms in total. The number of amides is 1. The van der Waals surface area contributed by atoms with Crippen LogP contribution in [0.25, 0.3) is 0 Å². The van der Waals surface area contributed by atoms with Crippen molar-refractivity contribution in [2.75, 3.05) is 27.3 Å². The van der Waals surface area contributed by atoms with E-state index in [1.165, 1.54) is 11.3 Å². The van der Waals surface area contributed by atoms with Gasteiger partial charge in [0, 0.05) is 14.2 Å². The Bertz CT molecular complexity index is 459. The number of nitrogens with two attached hydrogens (primary N) is 1. The fourth-order valence-electron chi connectivity index (χ4n) is 1.39. The zero-order valence-electron chi connectivity index (χ0n) is 10.9. The fourth-order valence-corrected chi connectivity index (χ4v) is 2.25. The lowest BCUT2D eigenvalue weighted by Crippen LogP contribution is -2.37. The first-order chi connectivity index (χ1) is 8.60. The summed E-state index contributed by atoms with van der Waals surface area (Å²) < 4.78 is 5.04. The first-order valence-electron chi connectivity index (χ1n) is 5.65. The maximum Gasteiger partial charge on any atom is 0.264 e. The highest BCUT2D eigenvalue weighted by Crippen LogP contribution is 2.18. The van der Waals surface area contributed by atoms with E-state index in [1.807, 2.05) is 13.0 Å². The van der Waals surface area contributed by atoms with Gasteiger partial charge >= 0.3 is 0 Å². The number of ether oxygens (including phenoxy) is 1. The van der Waals surface area contributed by atoms with E-state index in [2.05, 4.69) is 11.8 Å². The van der Waals surface area contributed by atoms with Gasteiger partial charge in [-0.2, -0.15) is 0 Å². The SMILES string of the molecule is COCC(C)N(C)C(=O)c1ccc(C#CCN)s1. The molecule has 0 aliphatic rings. The molecule has 1 heterocycles. The molecule has 98 valence electrons. The van der Waals surface area contributed by atoms with E-state index in [4.69, 9.17) is 10.5 Å². The van der Waals surface area contributed by atoms with Crippen LogP contribution in [0.4, 0.5) is 0 Å². The average Bonchev–Trinajstić information content (AvgIpc) is 2.83. The third-order valence-corrected chi connectivity index (χ3v) is 3.51. The lowest BCUT2D eigenvalue weighted by atomic mass is 10.3. The quantitative estimate of drug-likeness (QED) is 0.832. The Morgan fingerprint density at radius 3 is 2.94 bits per heavy atom. The summed E-state index contributed by atoms with van der Waals surface area (Å²) in [5, 5.41) is 0. The van der Waals surface area contributed by atoms with Crippen LogP contribution in [0.5, 0.6) is 0 Å². The molecule has 1 rings (SSSR count). The average molecular weight is 266 g/mol. The maximum absolute atomic E-state index is 12.2. The molecule has 0 aliphatic heterocycles. The molecule has 2 N–H and O–H groups in total. The van der Waals surface area contributed by atoms with Gasteiger partial charge in [0.25, 0.3) is 5.91 Å². The van der Waals surface area contributed by atoms with Crippen LogP contribution in [0.2, 0.25) is 0 Å². The highest BCUT2D eigenvalue weighted by Gasteiger charge is 2.18. The summed E-state index contributed by atoms with van der Waals surface area (Å²) in [6.45, 7) is 2.80. The van der Waals surface area contributed by atoms with Crippen molar-refractivity contribution in [3.05, 3.63) is 21.9 Å². The van der Waals surface area contributed by atoms with E-state index in [1.54, 1.807) is 25.1 Å². The van der Waals surface area contributed by atoms with Gasteiger partial charge in [0.05, 0.1) is 28.9 Å². The molecule has 0 saturated heterocycles. The fraction of sp³-hybridized carbons (Fsp3) is 0.462. The number of likely N-dealkylation sites (N-methyl/N-ethyl adjacent to an activating group) is 1. The van der Waals surface area contributed by atoms with Crippen molar-refractivity contribution in [2.24, 2.45) is 5.73 Å². The summed E-state index contributed by atoms with van der Waals surface area (Å²) >= 11 is 1.38. The van der Waals surface area contributed by atoms with E-state index in [0.717, 1.165) is 4.88 Å². The van der Waals surface area contributed by atoms with Gasteiger partial charge in [-0.15, -0.1) is 11.3 Å². The van der Waals surface area contributed by atoms with Gasteiger partial charge in [0.15, 0.2) is 0 Å². The first-order valence-corrected chi connectivity index (χ1v) is 6.46. The Hall–Kier alpha value is -1.35. The van der Waals surface area contributed by atoms with Crippen molar-refractivity contribution >= 4 is 17.2 Å². The molecular weight excluding hydrogens is 248 g/mol. The normalized spacial score (nSPS) is 11.6. The molecule has 18 heavy (non-hydrogen) atoms. The molecule has 0 radical (unpaired) electrons. The molecule has 1 unspecified atom stereocenters. The number of carbonyl (C=O) groups excluding carboxylic acids is 1. The minimum Gasteiger partial charge on any atom is -0.383 e. The second-order valence-electron chi connectivity index (χ2n) is 3.89. The second-order valence-corrected chi connectivity index (χ2v) is 4.97. The summed E-state index contributed by atoms with van der Waals surface area (Å²) in [5.74, 6) is 5.68. The molecule has 1 atom stereocenters. The first kappa shape index (κ1) is 14.7. The zero-order chi connectivity index (χ0) is 13.5. The van der Waals surface area contributed by atoms with Gasteiger partial charge in [0.1, 0.15) is 0 Å². The third kappa shape index (κ3) is 3.84. The van der Waals surface area contributed by atoms with E-state index in [0.29, 0.717) is 18.0 Å². The summed E-state index contributed by atoms with van der Waals surface area (Å²) in [5.41, 5.74) is 5.31. The van der Waals surface area contributed by atoms with Crippen molar-refractivity contribution in [1.29, 1.82) is 0 Å². The van der Waals surface area contributed by atoms with E-state index in [9.17, 15) is 4.79 Å². The number of rotatable bonds is 4. The van der Waals surface area contributed by atoms with E-state index >= 15 is 0 Å². The van der Waals surface area contributed by atoms with Crippen molar-refractivity contribution in [3.8, 4) is 11.8 Å². The minimum atomic E-state index is -0.00894. The summed E-state index contributed by atoms with van der Waals surface area (Å²) in [6, 6.07) is 3.68. The van der Waals surface area contributed by atoms with E-state index < -0.39 is 0 Å². The summed E-state index contributed by atoms with van der Waals surface area (Å²) in [4.78, 5) is 15.4. The molecular formula is C13H18N2O2S. The van der Waals surface area contributed by atoms with Crippen LogP contribution < -0.4 is 5.73 Å². The Labute approximate surface area is 112 Å². The number of carbonyl (C=O) groups is 1. The predicted molar refractivity (Wildman–Crippen MR) is 73.7 cm³/mol. The predicted octanol–water partition coefficient (Wildman–Crippen LogP) is 1.17. The standard InChI is InChI=1S/C13H18N2O2S/c1-10(9-17-3)15(2)13(16)12-7-6-11(18-12)5-4-8-14/h6-7,10H,8-9,14H2,1-3H3. The summed E-state index contributed by atoms with van der Waals surface area (Å²) in [7, 11) is 3.40. The minimum absolute atomic E-state index is 0.00894. The van der Waals surface area contributed by atoms with Crippen molar-refractivity contribution in [3.63, 3.8) is 0 Å². The molecule has 1 aromatic rings. The van der Waals surface area contributed by atoms with E-state index in [-0.39, 0.29) is 11.9 Å². The lowest BCUT2D eigenvalue weighted by molar-refractivity contribution is 0.0638. The van der Waals surface area contributed by atoms with Crippen LogP contribution in [-0.2, 0) is 4.74 Å². The Kier molecular flexibility index (Phi) is 5.86. The Morgan fingerprint density at radius 2 is 2.33 bits per heavy atom. The molecule has 1 aromatic heterocycles. The maximum atomic E-state index is 12.2. The number of thiophene rings is 1. The van der Waals surface area contributed by atoms with Crippen molar-refractivity contribution < 1.29 is 9.53 Å². The van der Waals surface area contributed by atoms with Crippen LogP contribution >= 0.6 is 11.3 Å². The van der Waals surface area contributed by atoms with Crippen molar-refractivity contribution in [2.45, 2.75) is 13.0 Å². The second kappa shape index (κ2) is 7.17. The zero-order valence-corrected chi connectivity index (χ0v) is 11.7. The number of hydrogen-bond donors (Lipinski definition) is 1. The van der Waals surface area contributed by atoms with Gasteiger partial charge < -0.3 is 15.4 Å². The number of methoxy groups -OCH3 is 1. The number of hydrogen-bond acceptors (Lipinski definition) is 4. The Balaban J connectivity index is 2.75. The molecule has 5 heteroatoms. The van der Waals surface area contributed by atoms with Crippen LogP contribution in [0, 0.1) is 11.8 Å². The van der Waals surface area contributed by atoms with Crippen LogP contribution in [-0.4, -0.2) is 44.2 Å². The molecule has 0 bridgehead atoms. The highest BCUT2D eigenvalue weighted by atomic mass is 32.1. The van der Waals surface area contributed by atoms with Crippen LogP contribution in [0.15, 0.2) is 12.1 Å². The van der Waals surface area contributed by atoms with Gasteiger partial charge in [-0.1, -0.05) is 11.8 Å². The molecule has 0 saturated carbocycles. The van der Waals surface area contributed by atoms with Crippen LogP contribution in [0.3, 0.4) is 0 Å². The highest BCUT2D eigenvalue weighted by molar-refractivity contribution is 7.14. The molecule has 0 aromatic carbocycles. The molecule has 0 aliphatic carbocycles. The van der Waals surface area contributed by atoms with Gasteiger partial charge in [-0.25, -0.2) is 0 Å². The monoisotopic (exact) mass is 266 g/mol. The molecule has 0 spiro atoms. The topological polar surface area (TPSA) is 55.6 Å². The van der Waals surface area contributed by atoms with Crippen LogP contribution in [0.1, 0.15) is 21.5 Å². The molecule has 0 fully saturated rings. The molecule has 1 amide bonds. The summed E-state index contributed by atoms with van der Waals surface area (Å²) in [6.07, 6.45) is 0. The van der Waals surface area contributed by atoms with Gasteiger partial charge in [0.2, 0.25) is 0 Å². The van der Waals surface area contributed by atoms with Gasteiger partial charge in [-0.05, 0) is 19.1 Å². The Morgan fingerprint density at radius 1 is 1.61 bits per heavy atom. The van der Waals surface area contributed by atoms with Crippen molar-refractivity contribution in [1.82, 2.24) is 4.90 Å². The number of nitrogens with zero attached hydrogens (tertiary/aromatic N) is 1. The lowest BCUT2D eigenvalue weighted by Gasteiger charge is -2.23. The largest absolute Gasteiger partial charge is 0.383 e. The smallest absolute Gasteiger partial charge is 0.264 e.